The van der Waals surface area contributed by atoms with E-state index in [4.69, 9.17) is 9.47 Å². The molecule has 0 atom stereocenters. The van der Waals surface area contributed by atoms with Gasteiger partial charge in [-0.3, -0.25) is 4.79 Å². The first kappa shape index (κ1) is 17.0. The summed E-state index contributed by atoms with van der Waals surface area (Å²) >= 11 is 0. The Morgan fingerprint density at radius 2 is 1.84 bits per heavy atom. The number of fused-ring (bicyclic) bond motifs is 1. The van der Waals surface area contributed by atoms with Crippen LogP contribution in [0.4, 0.5) is 0 Å². The van der Waals surface area contributed by atoms with Crippen LogP contribution >= 0.6 is 0 Å². The summed E-state index contributed by atoms with van der Waals surface area (Å²) < 4.78 is 11.0. The number of amides is 1. The van der Waals surface area contributed by atoms with E-state index in [9.17, 15) is 4.79 Å². The van der Waals surface area contributed by atoms with E-state index in [-0.39, 0.29) is 12.3 Å². The van der Waals surface area contributed by atoms with Crippen molar-refractivity contribution in [1.29, 1.82) is 0 Å². The summed E-state index contributed by atoms with van der Waals surface area (Å²) in [6, 6.07) is 11.7. The maximum Gasteiger partial charge on any atom is 0.244 e. The highest BCUT2D eigenvalue weighted by Gasteiger charge is 2.13. The number of carbonyl (C=O) groups excluding carboxylic acids is 1. The third-order valence-electron chi connectivity index (χ3n) is 4.09. The SMILES string of the molecule is C/C(=N/NC(=O)Cc1ccc2c(c1)OCCO2)c1ccc(C)cc1C. The van der Waals surface area contributed by atoms with Crippen LogP contribution < -0.4 is 14.9 Å². The normalized spacial score (nSPS) is 13.5. The molecule has 0 aromatic heterocycles. The van der Waals surface area contributed by atoms with Crippen LogP contribution in [0, 0.1) is 13.8 Å². The zero-order valence-electron chi connectivity index (χ0n) is 14.8. The van der Waals surface area contributed by atoms with E-state index in [0.29, 0.717) is 19.0 Å². The fourth-order valence-electron chi connectivity index (χ4n) is 2.85. The van der Waals surface area contributed by atoms with E-state index in [1.54, 1.807) is 0 Å². The van der Waals surface area contributed by atoms with Gasteiger partial charge in [0.25, 0.3) is 0 Å². The number of hydrogen-bond donors (Lipinski definition) is 1. The first-order valence-corrected chi connectivity index (χ1v) is 8.32. The van der Waals surface area contributed by atoms with E-state index in [1.807, 2.05) is 44.2 Å². The van der Waals surface area contributed by atoms with Crippen LogP contribution in [-0.2, 0) is 11.2 Å². The molecule has 0 fully saturated rings. The van der Waals surface area contributed by atoms with Gasteiger partial charge in [-0.15, -0.1) is 0 Å². The van der Waals surface area contributed by atoms with Crippen LogP contribution in [0.1, 0.15) is 29.2 Å². The zero-order chi connectivity index (χ0) is 17.8. The van der Waals surface area contributed by atoms with Crippen LogP contribution in [0.3, 0.4) is 0 Å². The van der Waals surface area contributed by atoms with Crippen molar-refractivity contribution >= 4 is 11.6 Å². The molecule has 2 aromatic rings. The Balaban J connectivity index is 1.64. The second-order valence-corrected chi connectivity index (χ2v) is 6.21. The number of hydrogen-bond acceptors (Lipinski definition) is 4. The summed E-state index contributed by atoms with van der Waals surface area (Å²) in [5.41, 5.74) is 7.65. The fraction of sp³-hybridized carbons (Fsp3) is 0.300. The highest BCUT2D eigenvalue weighted by Crippen LogP contribution is 2.30. The van der Waals surface area contributed by atoms with Gasteiger partial charge in [0, 0.05) is 5.56 Å². The molecule has 0 bridgehead atoms. The number of ether oxygens (including phenoxy) is 2. The van der Waals surface area contributed by atoms with Gasteiger partial charge in [0.1, 0.15) is 13.2 Å². The summed E-state index contributed by atoms with van der Waals surface area (Å²) in [5.74, 6) is 1.24. The predicted octanol–water partition coefficient (Wildman–Crippen LogP) is 3.16. The Bertz CT molecular complexity index is 828. The van der Waals surface area contributed by atoms with Gasteiger partial charge in [0.05, 0.1) is 12.1 Å². The average molecular weight is 338 g/mol. The summed E-state index contributed by atoms with van der Waals surface area (Å²) in [4.78, 5) is 12.2. The first-order valence-electron chi connectivity index (χ1n) is 8.32. The minimum Gasteiger partial charge on any atom is -0.486 e. The maximum atomic E-state index is 12.2. The molecule has 2 aromatic carbocycles. The number of rotatable bonds is 4. The highest BCUT2D eigenvalue weighted by molar-refractivity contribution is 6.00. The molecule has 1 aliphatic heterocycles. The van der Waals surface area contributed by atoms with E-state index >= 15 is 0 Å². The first-order chi connectivity index (χ1) is 12.0. The van der Waals surface area contributed by atoms with Crippen LogP contribution in [0.25, 0.3) is 0 Å². The number of nitrogens with zero attached hydrogens (tertiary/aromatic N) is 1. The minimum absolute atomic E-state index is 0.166. The average Bonchev–Trinajstić information content (AvgIpc) is 2.59. The Labute approximate surface area is 147 Å². The number of aryl methyl sites for hydroxylation is 2. The summed E-state index contributed by atoms with van der Waals surface area (Å²) in [7, 11) is 0. The molecule has 0 saturated carbocycles. The highest BCUT2D eigenvalue weighted by atomic mass is 16.6. The lowest BCUT2D eigenvalue weighted by Crippen LogP contribution is -2.22. The van der Waals surface area contributed by atoms with Gasteiger partial charge in [-0.2, -0.15) is 5.10 Å². The van der Waals surface area contributed by atoms with Crippen molar-refractivity contribution in [2.75, 3.05) is 13.2 Å². The monoisotopic (exact) mass is 338 g/mol. The third kappa shape index (κ3) is 4.18. The summed E-state index contributed by atoms with van der Waals surface area (Å²) in [5, 5.41) is 4.23. The molecule has 25 heavy (non-hydrogen) atoms. The van der Waals surface area contributed by atoms with Gasteiger partial charge in [-0.25, -0.2) is 5.43 Å². The van der Waals surface area contributed by atoms with Crippen molar-refractivity contribution < 1.29 is 14.3 Å². The molecule has 1 heterocycles. The lowest BCUT2D eigenvalue weighted by atomic mass is 10.0. The molecular formula is C20H22N2O3. The molecule has 1 amide bonds. The molecule has 0 aliphatic carbocycles. The smallest absolute Gasteiger partial charge is 0.244 e. The van der Waals surface area contributed by atoms with Crippen LogP contribution in [0.2, 0.25) is 0 Å². The molecule has 1 N–H and O–H groups in total. The van der Waals surface area contributed by atoms with Crippen molar-refractivity contribution in [1.82, 2.24) is 5.43 Å². The lowest BCUT2D eigenvalue weighted by Gasteiger charge is -2.18. The van der Waals surface area contributed by atoms with Crippen molar-refractivity contribution in [3.8, 4) is 11.5 Å². The number of nitrogens with one attached hydrogen (secondary N) is 1. The van der Waals surface area contributed by atoms with E-state index in [2.05, 4.69) is 23.5 Å². The van der Waals surface area contributed by atoms with E-state index in [0.717, 1.165) is 28.2 Å². The molecule has 0 saturated heterocycles. The second kappa shape index (κ2) is 7.38. The van der Waals surface area contributed by atoms with Crippen molar-refractivity contribution in [2.24, 2.45) is 5.10 Å². The van der Waals surface area contributed by atoms with Gasteiger partial charge in [-0.05, 0) is 44.0 Å². The lowest BCUT2D eigenvalue weighted by molar-refractivity contribution is -0.120. The van der Waals surface area contributed by atoms with Crippen LogP contribution in [0.15, 0.2) is 41.5 Å². The molecule has 0 radical (unpaired) electrons. The van der Waals surface area contributed by atoms with Gasteiger partial charge in [0.15, 0.2) is 11.5 Å². The third-order valence-corrected chi connectivity index (χ3v) is 4.09. The quantitative estimate of drug-likeness (QED) is 0.688. The van der Waals surface area contributed by atoms with Gasteiger partial charge in [0.2, 0.25) is 5.91 Å². The number of benzene rings is 2. The standard InChI is InChI=1S/C20H22N2O3/c1-13-4-6-17(14(2)10-13)15(3)21-22-20(23)12-16-5-7-18-19(11-16)25-9-8-24-18/h4-7,10-11H,8-9,12H2,1-3H3,(H,22,23)/b21-15-. The Morgan fingerprint density at radius 1 is 1.08 bits per heavy atom. The fourth-order valence-corrected chi connectivity index (χ4v) is 2.85. The molecule has 5 heteroatoms. The molecule has 0 unspecified atom stereocenters. The van der Waals surface area contributed by atoms with E-state index in [1.165, 1.54) is 5.56 Å². The Morgan fingerprint density at radius 3 is 2.60 bits per heavy atom. The molecule has 3 rings (SSSR count). The van der Waals surface area contributed by atoms with Gasteiger partial charge >= 0.3 is 0 Å². The predicted molar refractivity (Wildman–Crippen MR) is 97.4 cm³/mol. The second-order valence-electron chi connectivity index (χ2n) is 6.21. The van der Waals surface area contributed by atoms with Crippen molar-refractivity contribution in [3.63, 3.8) is 0 Å². The maximum absolute atomic E-state index is 12.2. The molecular weight excluding hydrogens is 316 g/mol. The van der Waals surface area contributed by atoms with E-state index < -0.39 is 0 Å². The van der Waals surface area contributed by atoms with Crippen LogP contribution in [0.5, 0.6) is 11.5 Å². The van der Waals surface area contributed by atoms with Gasteiger partial charge < -0.3 is 9.47 Å². The number of carbonyl (C=O) groups is 1. The minimum atomic E-state index is -0.166. The summed E-state index contributed by atoms with van der Waals surface area (Å²) in [6.45, 7) is 7.07. The van der Waals surface area contributed by atoms with Crippen molar-refractivity contribution in [2.45, 2.75) is 27.2 Å². The zero-order valence-corrected chi connectivity index (χ0v) is 14.8. The molecule has 5 nitrogen and oxygen atoms in total. The topological polar surface area (TPSA) is 59.9 Å². The molecule has 0 spiro atoms. The Kier molecular flexibility index (Phi) is 5.03. The Hall–Kier alpha value is -2.82. The van der Waals surface area contributed by atoms with Crippen molar-refractivity contribution in [3.05, 3.63) is 58.7 Å². The van der Waals surface area contributed by atoms with Crippen LogP contribution in [-0.4, -0.2) is 24.8 Å². The van der Waals surface area contributed by atoms with Gasteiger partial charge in [-0.1, -0.05) is 29.8 Å². The largest absolute Gasteiger partial charge is 0.486 e. The summed E-state index contributed by atoms with van der Waals surface area (Å²) in [6.07, 6.45) is 0.236. The molecule has 1 aliphatic rings. The molecule has 130 valence electrons. The number of hydrazone groups is 1.